The zero-order valence-corrected chi connectivity index (χ0v) is 10.5. The van der Waals surface area contributed by atoms with Crippen LogP contribution in [0.2, 0.25) is 0 Å². The number of allylic oxidation sites excluding steroid dienone is 1. The van der Waals surface area contributed by atoms with Crippen LogP contribution >= 0.6 is 0 Å². The van der Waals surface area contributed by atoms with Crippen LogP contribution in [-0.2, 0) is 19.6 Å². The Bertz CT molecular complexity index is 502. The molecule has 2 rings (SSSR count). The molecule has 0 bridgehead atoms. The lowest BCUT2D eigenvalue weighted by Crippen LogP contribution is -2.06. The molecule has 0 aliphatic rings. The first-order valence-electron chi connectivity index (χ1n) is 6.03. The van der Waals surface area contributed by atoms with Crippen molar-refractivity contribution in [3.8, 4) is 5.75 Å². The lowest BCUT2D eigenvalue weighted by molar-refractivity contribution is 0.292. The van der Waals surface area contributed by atoms with Crippen LogP contribution < -0.4 is 4.74 Å². The molecule has 0 saturated heterocycles. The lowest BCUT2D eigenvalue weighted by atomic mass is 10.1. The van der Waals surface area contributed by atoms with Gasteiger partial charge in [0.15, 0.2) is 0 Å². The molecule has 0 aliphatic carbocycles. The third-order valence-corrected chi connectivity index (χ3v) is 2.69. The van der Waals surface area contributed by atoms with E-state index in [9.17, 15) is 0 Å². The molecule has 0 atom stereocenters. The molecule has 18 heavy (non-hydrogen) atoms. The first kappa shape index (κ1) is 12.4. The van der Waals surface area contributed by atoms with Crippen LogP contribution in [0.4, 0.5) is 0 Å². The molecule has 0 spiro atoms. The number of nitrogens with zero attached hydrogens (tertiary/aromatic N) is 3. The van der Waals surface area contributed by atoms with Crippen molar-refractivity contribution >= 4 is 0 Å². The third kappa shape index (κ3) is 2.97. The van der Waals surface area contributed by atoms with Gasteiger partial charge in [0.05, 0.1) is 11.9 Å². The van der Waals surface area contributed by atoms with E-state index in [1.165, 1.54) is 5.56 Å². The molecular weight excluding hydrogens is 226 g/mol. The van der Waals surface area contributed by atoms with Crippen molar-refractivity contribution in [2.75, 3.05) is 0 Å². The van der Waals surface area contributed by atoms with Crippen molar-refractivity contribution in [1.29, 1.82) is 0 Å². The van der Waals surface area contributed by atoms with Gasteiger partial charge in [0.1, 0.15) is 12.4 Å². The zero-order chi connectivity index (χ0) is 12.8. The van der Waals surface area contributed by atoms with E-state index < -0.39 is 0 Å². The summed E-state index contributed by atoms with van der Waals surface area (Å²) in [4.78, 5) is 0. The van der Waals surface area contributed by atoms with Gasteiger partial charge in [0, 0.05) is 6.54 Å². The first-order chi connectivity index (χ1) is 8.83. The second-order valence-corrected chi connectivity index (χ2v) is 3.97. The average Bonchev–Trinajstić information content (AvgIpc) is 2.86. The van der Waals surface area contributed by atoms with Crippen LogP contribution in [0.3, 0.4) is 0 Å². The molecule has 4 heteroatoms. The summed E-state index contributed by atoms with van der Waals surface area (Å²) in [5.41, 5.74) is 2.21. The predicted molar refractivity (Wildman–Crippen MR) is 70.4 cm³/mol. The van der Waals surface area contributed by atoms with Gasteiger partial charge in [-0.3, -0.25) is 0 Å². The van der Waals surface area contributed by atoms with Gasteiger partial charge in [-0.2, -0.15) is 0 Å². The number of aryl methyl sites for hydroxylation is 1. The van der Waals surface area contributed by atoms with E-state index >= 15 is 0 Å². The monoisotopic (exact) mass is 243 g/mol. The molecule has 1 aromatic carbocycles. The summed E-state index contributed by atoms with van der Waals surface area (Å²) in [6.07, 6.45) is 4.50. The van der Waals surface area contributed by atoms with Gasteiger partial charge in [0.2, 0.25) is 0 Å². The number of ether oxygens (including phenoxy) is 1. The maximum Gasteiger partial charge on any atom is 0.132 e. The second-order valence-electron chi connectivity index (χ2n) is 3.97. The number of hydrogen-bond acceptors (Lipinski definition) is 3. The number of benzene rings is 1. The summed E-state index contributed by atoms with van der Waals surface area (Å²) in [6.45, 7) is 7.04. The van der Waals surface area contributed by atoms with Crippen molar-refractivity contribution in [3.63, 3.8) is 0 Å². The van der Waals surface area contributed by atoms with Crippen LogP contribution in [0, 0.1) is 0 Å². The topological polar surface area (TPSA) is 39.9 Å². The predicted octanol–water partition coefficient (Wildman–Crippen LogP) is 2.61. The highest BCUT2D eigenvalue weighted by atomic mass is 16.5. The van der Waals surface area contributed by atoms with E-state index in [4.69, 9.17) is 4.74 Å². The van der Waals surface area contributed by atoms with Crippen LogP contribution in [0.1, 0.15) is 18.2 Å². The summed E-state index contributed by atoms with van der Waals surface area (Å²) >= 11 is 0. The molecule has 1 aromatic heterocycles. The summed E-state index contributed by atoms with van der Waals surface area (Å²) in [5, 5.41) is 7.83. The van der Waals surface area contributed by atoms with E-state index in [1.807, 2.05) is 41.9 Å². The maximum absolute atomic E-state index is 5.70. The fourth-order valence-electron chi connectivity index (χ4n) is 1.70. The van der Waals surface area contributed by atoms with Crippen LogP contribution in [0.25, 0.3) is 0 Å². The molecule has 2 aromatic rings. The van der Waals surface area contributed by atoms with Gasteiger partial charge in [-0.05, 0) is 31.0 Å². The Morgan fingerprint density at radius 2 is 2.11 bits per heavy atom. The van der Waals surface area contributed by atoms with Crippen molar-refractivity contribution < 1.29 is 4.74 Å². The molecule has 1 heterocycles. The third-order valence-electron chi connectivity index (χ3n) is 2.69. The SMILES string of the molecule is C=CCc1ccc(OCc2cnnn2CC)cc1. The highest BCUT2D eigenvalue weighted by Crippen LogP contribution is 2.14. The molecule has 0 saturated carbocycles. The van der Waals surface area contributed by atoms with Crippen molar-refractivity contribution in [3.05, 3.63) is 54.4 Å². The normalized spacial score (nSPS) is 10.3. The highest BCUT2D eigenvalue weighted by Gasteiger charge is 2.02. The molecular formula is C14H17N3O. The van der Waals surface area contributed by atoms with Gasteiger partial charge < -0.3 is 4.74 Å². The molecule has 0 fully saturated rings. The van der Waals surface area contributed by atoms with Crippen LogP contribution in [0.5, 0.6) is 5.75 Å². The highest BCUT2D eigenvalue weighted by molar-refractivity contribution is 5.28. The fourth-order valence-corrected chi connectivity index (χ4v) is 1.70. The maximum atomic E-state index is 5.70. The molecule has 4 nitrogen and oxygen atoms in total. The van der Waals surface area contributed by atoms with Crippen LogP contribution in [0.15, 0.2) is 43.1 Å². The molecule has 0 radical (unpaired) electrons. The van der Waals surface area contributed by atoms with E-state index in [0.29, 0.717) is 6.61 Å². The Balaban J connectivity index is 1.95. The van der Waals surface area contributed by atoms with Gasteiger partial charge in [-0.1, -0.05) is 23.4 Å². The number of aromatic nitrogens is 3. The second kappa shape index (κ2) is 6.00. The Morgan fingerprint density at radius 1 is 1.33 bits per heavy atom. The first-order valence-corrected chi connectivity index (χ1v) is 6.03. The quantitative estimate of drug-likeness (QED) is 0.732. The largest absolute Gasteiger partial charge is 0.487 e. The van der Waals surface area contributed by atoms with E-state index in [0.717, 1.165) is 24.4 Å². The fraction of sp³-hybridized carbons (Fsp3) is 0.286. The van der Waals surface area contributed by atoms with E-state index in [1.54, 1.807) is 6.20 Å². The van der Waals surface area contributed by atoms with E-state index in [-0.39, 0.29) is 0 Å². The van der Waals surface area contributed by atoms with Gasteiger partial charge in [-0.25, -0.2) is 4.68 Å². The smallest absolute Gasteiger partial charge is 0.132 e. The molecule has 0 aliphatic heterocycles. The summed E-state index contributed by atoms with van der Waals surface area (Å²) in [7, 11) is 0. The minimum absolute atomic E-state index is 0.488. The number of hydrogen-bond donors (Lipinski definition) is 0. The van der Waals surface area contributed by atoms with Crippen molar-refractivity contribution in [2.24, 2.45) is 0 Å². The van der Waals surface area contributed by atoms with Crippen molar-refractivity contribution in [1.82, 2.24) is 15.0 Å². The molecule has 94 valence electrons. The van der Waals surface area contributed by atoms with Crippen LogP contribution in [-0.4, -0.2) is 15.0 Å². The molecule has 0 N–H and O–H groups in total. The minimum Gasteiger partial charge on any atom is -0.487 e. The lowest BCUT2D eigenvalue weighted by Gasteiger charge is -2.07. The van der Waals surface area contributed by atoms with Gasteiger partial charge >= 0.3 is 0 Å². The minimum atomic E-state index is 0.488. The van der Waals surface area contributed by atoms with E-state index in [2.05, 4.69) is 16.9 Å². The Kier molecular flexibility index (Phi) is 4.12. The van der Waals surface area contributed by atoms with Gasteiger partial charge in [0.25, 0.3) is 0 Å². The van der Waals surface area contributed by atoms with Crippen molar-refractivity contribution in [2.45, 2.75) is 26.5 Å². The zero-order valence-electron chi connectivity index (χ0n) is 10.5. The molecule has 0 amide bonds. The standard InChI is InChI=1S/C14H17N3O/c1-3-5-12-6-8-14(9-7-12)18-11-13-10-15-16-17(13)4-2/h3,6-10H,1,4-5,11H2,2H3. The Labute approximate surface area is 107 Å². The summed E-state index contributed by atoms with van der Waals surface area (Å²) in [5.74, 6) is 0.853. The Morgan fingerprint density at radius 3 is 2.78 bits per heavy atom. The van der Waals surface area contributed by atoms with Gasteiger partial charge in [-0.15, -0.1) is 11.7 Å². The molecule has 0 unspecified atom stereocenters. The Hall–Kier alpha value is -2.10. The number of rotatable bonds is 6. The average molecular weight is 243 g/mol. The summed E-state index contributed by atoms with van der Waals surface area (Å²) in [6, 6.07) is 8.04. The summed E-state index contributed by atoms with van der Waals surface area (Å²) < 4.78 is 7.52.